The van der Waals surface area contributed by atoms with E-state index >= 15 is 0 Å². The van der Waals surface area contributed by atoms with E-state index < -0.39 is 0 Å². The number of rotatable bonds is 3. The lowest BCUT2D eigenvalue weighted by molar-refractivity contribution is -0.166. The molecular weight excluding hydrogens is 188 g/mol. The fourth-order valence-electron chi connectivity index (χ4n) is 1.94. The second-order valence-corrected chi connectivity index (χ2v) is 4.63. The molecule has 0 aliphatic carbocycles. The molecule has 1 aliphatic heterocycles. The average molecular weight is 206 g/mol. The standard InChI is InChI=1S/C13H18O2/c1-10-13(2,9-15-10)8-11-4-6-12(14-3)7-5-11/h4-7,10H,8-9H2,1-3H3. The molecule has 1 aromatic carbocycles. The first-order chi connectivity index (χ1) is 7.14. The highest BCUT2D eigenvalue weighted by Crippen LogP contribution is 2.37. The van der Waals surface area contributed by atoms with Crippen LogP contribution in [0.2, 0.25) is 0 Å². The maximum atomic E-state index is 5.44. The summed E-state index contributed by atoms with van der Waals surface area (Å²) < 4.78 is 10.6. The van der Waals surface area contributed by atoms with Gasteiger partial charge < -0.3 is 9.47 Å². The zero-order valence-electron chi connectivity index (χ0n) is 9.62. The Morgan fingerprint density at radius 2 is 2.07 bits per heavy atom. The third-order valence-electron chi connectivity index (χ3n) is 3.41. The number of ether oxygens (including phenoxy) is 2. The van der Waals surface area contributed by atoms with Crippen LogP contribution in [0.5, 0.6) is 5.75 Å². The minimum atomic E-state index is 0.314. The van der Waals surface area contributed by atoms with Crippen LogP contribution < -0.4 is 4.74 Å². The predicted molar refractivity (Wildman–Crippen MR) is 60.2 cm³/mol. The van der Waals surface area contributed by atoms with Gasteiger partial charge >= 0.3 is 0 Å². The molecule has 2 rings (SSSR count). The summed E-state index contributed by atoms with van der Waals surface area (Å²) in [5.41, 5.74) is 1.67. The molecular formula is C13H18O2. The van der Waals surface area contributed by atoms with Gasteiger partial charge in [-0.1, -0.05) is 19.1 Å². The Kier molecular flexibility index (Phi) is 2.70. The van der Waals surface area contributed by atoms with Crippen molar-refractivity contribution in [2.45, 2.75) is 26.4 Å². The normalized spacial score (nSPS) is 29.7. The first kappa shape index (κ1) is 10.5. The Labute approximate surface area is 91.2 Å². The second-order valence-electron chi connectivity index (χ2n) is 4.63. The lowest BCUT2D eigenvalue weighted by atomic mass is 9.76. The first-order valence-corrected chi connectivity index (χ1v) is 5.38. The van der Waals surface area contributed by atoms with Gasteiger partial charge in [-0.3, -0.25) is 0 Å². The van der Waals surface area contributed by atoms with E-state index in [1.807, 2.05) is 12.1 Å². The van der Waals surface area contributed by atoms with Gasteiger partial charge in [0.15, 0.2) is 0 Å². The zero-order valence-corrected chi connectivity index (χ0v) is 9.62. The molecule has 1 fully saturated rings. The monoisotopic (exact) mass is 206 g/mol. The molecule has 2 atom stereocenters. The van der Waals surface area contributed by atoms with Crippen LogP contribution in [0.25, 0.3) is 0 Å². The van der Waals surface area contributed by atoms with E-state index in [1.165, 1.54) is 5.56 Å². The molecule has 0 aromatic heterocycles. The van der Waals surface area contributed by atoms with Crippen LogP contribution in [0, 0.1) is 5.41 Å². The van der Waals surface area contributed by atoms with E-state index in [0.29, 0.717) is 11.5 Å². The Balaban J connectivity index is 2.04. The maximum Gasteiger partial charge on any atom is 0.118 e. The molecule has 15 heavy (non-hydrogen) atoms. The van der Waals surface area contributed by atoms with Crippen molar-refractivity contribution in [3.8, 4) is 5.75 Å². The summed E-state index contributed by atoms with van der Waals surface area (Å²) in [6.45, 7) is 5.30. The van der Waals surface area contributed by atoms with Crippen molar-refractivity contribution >= 4 is 0 Å². The molecule has 2 unspecified atom stereocenters. The number of benzene rings is 1. The molecule has 2 nitrogen and oxygen atoms in total. The molecule has 0 spiro atoms. The number of methoxy groups -OCH3 is 1. The second kappa shape index (κ2) is 3.86. The van der Waals surface area contributed by atoms with E-state index in [0.717, 1.165) is 18.8 Å². The van der Waals surface area contributed by atoms with Crippen LogP contribution in [0.1, 0.15) is 19.4 Å². The van der Waals surface area contributed by atoms with Gasteiger partial charge in [-0.2, -0.15) is 0 Å². The molecule has 1 saturated heterocycles. The van der Waals surface area contributed by atoms with Crippen molar-refractivity contribution < 1.29 is 9.47 Å². The van der Waals surface area contributed by atoms with E-state index in [1.54, 1.807) is 7.11 Å². The third kappa shape index (κ3) is 2.00. The highest BCUT2D eigenvalue weighted by atomic mass is 16.5. The van der Waals surface area contributed by atoms with Gasteiger partial charge in [-0.15, -0.1) is 0 Å². The van der Waals surface area contributed by atoms with Crippen LogP contribution >= 0.6 is 0 Å². The van der Waals surface area contributed by atoms with Crippen LogP contribution in [0.4, 0.5) is 0 Å². The van der Waals surface area contributed by atoms with Crippen LogP contribution in [0.15, 0.2) is 24.3 Å². The highest BCUT2D eigenvalue weighted by molar-refractivity contribution is 5.28. The molecule has 0 amide bonds. The molecule has 0 bridgehead atoms. The van der Waals surface area contributed by atoms with Gasteiger partial charge in [0.25, 0.3) is 0 Å². The topological polar surface area (TPSA) is 18.5 Å². The summed E-state index contributed by atoms with van der Waals surface area (Å²) in [5, 5.41) is 0. The Morgan fingerprint density at radius 1 is 1.40 bits per heavy atom. The molecule has 1 aliphatic rings. The Hall–Kier alpha value is -1.02. The van der Waals surface area contributed by atoms with E-state index in [9.17, 15) is 0 Å². The molecule has 82 valence electrons. The first-order valence-electron chi connectivity index (χ1n) is 5.38. The van der Waals surface area contributed by atoms with Crippen molar-refractivity contribution in [1.82, 2.24) is 0 Å². The minimum absolute atomic E-state index is 0.314. The van der Waals surface area contributed by atoms with E-state index in [-0.39, 0.29) is 0 Å². The average Bonchev–Trinajstić information content (AvgIpc) is 2.28. The Bertz CT molecular complexity index is 331. The Morgan fingerprint density at radius 3 is 2.47 bits per heavy atom. The van der Waals surface area contributed by atoms with Crippen molar-refractivity contribution in [2.75, 3.05) is 13.7 Å². The summed E-state index contributed by atoms with van der Waals surface area (Å²) in [6, 6.07) is 8.30. The minimum Gasteiger partial charge on any atom is -0.497 e. The fraction of sp³-hybridized carbons (Fsp3) is 0.538. The van der Waals surface area contributed by atoms with Crippen molar-refractivity contribution in [1.29, 1.82) is 0 Å². The molecule has 1 aromatic rings. The van der Waals surface area contributed by atoms with Crippen LogP contribution in [-0.2, 0) is 11.2 Å². The van der Waals surface area contributed by atoms with Gasteiger partial charge in [0.2, 0.25) is 0 Å². The van der Waals surface area contributed by atoms with Gasteiger partial charge in [-0.05, 0) is 31.0 Å². The number of hydrogen-bond acceptors (Lipinski definition) is 2. The summed E-state index contributed by atoms with van der Waals surface area (Å²) >= 11 is 0. The zero-order chi connectivity index (χ0) is 10.9. The summed E-state index contributed by atoms with van der Waals surface area (Å²) in [5.74, 6) is 0.918. The van der Waals surface area contributed by atoms with Gasteiger partial charge in [0.05, 0.1) is 19.8 Å². The molecule has 0 saturated carbocycles. The lowest BCUT2D eigenvalue weighted by Crippen LogP contribution is -2.49. The quantitative estimate of drug-likeness (QED) is 0.757. The summed E-state index contributed by atoms with van der Waals surface area (Å²) in [4.78, 5) is 0. The summed E-state index contributed by atoms with van der Waals surface area (Å²) in [6.07, 6.45) is 1.46. The molecule has 0 N–H and O–H groups in total. The van der Waals surface area contributed by atoms with Crippen molar-refractivity contribution in [3.63, 3.8) is 0 Å². The van der Waals surface area contributed by atoms with Crippen molar-refractivity contribution in [2.24, 2.45) is 5.41 Å². The largest absolute Gasteiger partial charge is 0.497 e. The third-order valence-corrected chi connectivity index (χ3v) is 3.41. The predicted octanol–water partition coefficient (Wildman–Crippen LogP) is 2.66. The van der Waals surface area contributed by atoms with Crippen molar-refractivity contribution in [3.05, 3.63) is 29.8 Å². The van der Waals surface area contributed by atoms with E-state index in [2.05, 4.69) is 26.0 Å². The molecule has 0 radical (unpaired) electrons. The maximum absolute atomic E-state index is 5.44. The SMILES string of the molecule is COc1ccc(CC2(C)COC2C)cc1. The van der Waals surface area contributed by atoms with Crippen LogP contribution in [0.3, 0.4) is 0 Å². The van der Waals surface area contributed by atoms with Crippen LogP contribution in [-0.4, -0.2) is 19.8 Å². The smallest absolute Gasteiger partial charge is 0.118 e. The van der Waals surface area contributed by atoms with Gasteiger partial charge in [-0.25, -0.2) is 0 Å². The van der Waals surface area contributed by atoms with Gasteiger partial charge in [0, 0.05) is 5.41 Å². The van der Waals surface area contributed by atoms with Gasteiger partial charge in [0.1, 0.15) is 5.75 Å². The fourth-order valence-corrected chi connectivity index (χ4v) is 1.94. The van der Waals surface area contributed by atoms with E-state index in [4.69, 9.17) is 9.47 Å². The summed E-state index contributed by atoms with van der Waals surface area (Å²) in [7, 11) is 1.69. The number of hydrogen-bond donors (Lipinski definition) is 0. The highest BCUT2D eigenvalue weighted by Gasteiger charge is 2.40. The lowest BCUT2D eigenvalue weighted by Gasteiger charge is -2.45. The molecule has 2 heteroatoms. The molecule has 1 heterocycles.